The first-order chi connectivity index (χ1) is 13.3. The molecule has 0 aromatic heterocycles. The zero-order chi connectivity index (χ0) is 20.5. The summed E-state index contributed by atoms with van der Waals surface area (Å²) in [5, 5.41) is 10.1. The van der Waals surface area contributed by atoms with Crippen LogP contribution in [-0.4, -0.2) is 44.0 Å². The van der Waals surface area contributed by atoms with E-state index in [2.05, 4.69) is 18.7 Å². The standard InChI is InChI=1S/C22H29NO5/c1-22(2)11-15-9-17(24)18(25-3)10-16(15)13-23(22)12-14-7-19(26-4)21(28-6)20(8-14)27-5/h7-10,24H,11-13H2,1-6H3. The predicted molar refractivity (Wildman–Crippen MR) is 108 cm³/mol. The Kier molecular flexibility index (Phi) is 5.61. The fourth-order valence-corrected chi connectivity index (χ4v) is 3.84. The monoisotopic (exact) mass is 387 g/mol. The molecule has 152 valence electrons. The molecule has 0 amide bonds. The summed E-state index contributed by atoms with van der Waals surface area (Å²) >= 11 is 0. The number of hydrogen-bond donors (Lipinski definition) is 1. The number of rotatable bonds is 6. The maximum absolute atomic E-state index is 10.1. The van der Waals surface area contributed by atoms with Gasteiger partial charge in [-0.1, -0.05) is 0 Å². The van der Waals surface area contributed by atoms with Crippen LogP contribution in [0.1, 0.15) is 30.5 Å². The number of phenols is 1. The molecule has 0 saturated heterocycles. The molecule has 0 spiro atoms. The molecule has 0 aliphatic carbocycles. The SMILES string of the molecule is COc1cc2c(cc1O)CC(C)(C)N(Cc1cc(OC)c(OC)c(OC)c1)C2. The molecule has 0 fully saturated rings. The van der Waals surface area contributed by atoms with Gasteiger partial charge in [0, 0.05) is 18.6 Å². The van der Waals surface area contributed by atoms with E-state index in [1.807, 2.05) is 24.3 Å². The molecule has 1 aliphatic rings. The molecule has 0 unspecified atom stereocenters. The summed E-state index contributed by atoms with van der Waals surface area (Å²) < 4.78 is 21.7. The molecule has 2 aromatic rings. The molecule has 0 bridgehead atoms. The molecule has 0 saturated carbocycles. The predicted octanol–water partition coefficient (Wildman–Crippen LogP) is 3.76. The van der Waals surface area contributed by atoms with Crippen LogP contribution in [0.25, 0.3) is 0 Å². The summed E-state index contributed by atoms with van der Waals surface area (Å²) in [6.45, 7) is 5.92. The van der Waals surface area contributed by atoms with Gasteiger partial charge in [0.05, 0.1) is 28.4 Å². The van der Waals surface area contributed by atoms with Crippen molar-refractivity contribution in [2.24, 2.45) is 0 Å². The second-order valence-electron chi connectivity index (χ2n) is 7.67. The van der Waals surface area contributed by atoms with E-state index in [-0.39, 0.29) is 11.3 Å². The van der Waals surface area contributed by atoms with Crippen LogP contribution < -0.4 is 18.9 Å². The van der Waals surface area contributed by atoms with Crippen LogP contribution >= 0.6 is 0 Å². The molecule has 2 aromatic carbocycles. The van der Waals surface area contributed by atoms with Crippen molar-refractivity contribution in [3.8, 4) is 28.7 Å². The molecule has 3 rings (SSSR count). The molecule has 0 atom stereocenters. The summed E-state index contributed by atoms with van der Waals surface area (Å²) in [5.74, 6) is 2.59. The van der Waals surface area contributed by atoms with Gasteiger partial charge < -0.3 is 24.1 Å². The molecule has 1 N–H and O–H groups in total. The van der Waals surface area contributed by atoms with Crippen molar-refractivity contribution in [3.05, 3.63) is 41.0 Å². The number of methoxy groups -OCH3 is 4. The molecular formula is C22H29NO5. The highest BCUT2D eigenvalue weighted by molar-refractivity contribution is 5.54. The van der Waals surface area contributed by atoms with Gasteiger partial charge in [0.25, 0.3) is 0 Å². The second kappa shape index (κ2) is 7.80. The van der Waals surface area contributed by atoms with Crippen molar-refractivity contribution in [2.45, 2.75) is 38.9 Å². The van der Waals surface area contributed by atoms with E-state index in [0.717, 1.165) is 30.6 Å². The Bertz CT molecular complexity index is 837. The van der Waals surface area contributed by atoms with E-state index in [1.54, 1.807) is 28.4 Å². The van der Waals surface area contributed by atoms with Crippen molar-refractivity contribution >= 4 is 0 Å². The highest BCUT2D eigenvalue weighted by Crippen LogP contribution is 2.41. The van der Waals surface area contributed by atoms with Gasteiger partial charge in [0.2, 0.25) is 5.75 Å². The second-order valence-corrected chi connectivity index (χ2v) is 7.67. The zero-order valence-electron chi connectivity index (χ0n) is 17.5. The summed E-state index contributed by atoms with van der Waals surface area (Å²) in [4.78, 5) is 2.41. The lowest BCUT2D eigenvalue weighted by molar-refractivity contribution is 0.0885. The number of ether oxygens (including phenoxy) is 4. The first kappa shape index (κ1) is 20.1. The summed E-state index contributed by atoms with van der Waals surface area (Å²) in [6, 6.07) is 7.74. The Balaban J connectivity index is 1.94. The largest absolute Gasteiger partial charge is 0.504 e. The van der Waals surface area contributed by atoms with E-state index < -0.39 is 0 Å². The summed E-state index contributed by atoms with van der Waals surface area (Å²) in [5.41, 5.74) is 3.33. The van der Waals surface area contributed by atoms with Crippen molar-refractivity contribution in [1.29, 1.82) is 0 Å². The smallest absolute Gasteiger partial charge is 0.203 e. The maximum atomic E-state index is 10.1. The molecule has 6 heteroatoms. The molecule has 0 radical (unpaired) electrons. The van der Waals surface area contributed by atoms with Crippen molar-refractivity contribution in [2.75, 3.05) is 28.4 Å². The number of benzene rings is 2. The first-order valence-electron chi connectivity index (χ1n) is 9.25. The van der Waals surface area contributed by atoms with Crippen LogP contribution in [0, 0.1) is 0 Å². The third kappa shape index (κ3) is 3.69. The number of fused-ring (bicyclic) bond motifs is 1. The van der Waals surface area contributed by atoms with Crippen LogP contribution in [-0.2, 0) is 19.5 Å². The molecule has 1 aliphatic heterocycles. The van der Waals surface area contributed by atoms with Crippen molar-refractivity contribution in [1.82, 2.24) is 4.90 Å². The van der Waals surface area contributed by atoms with Gasteiger partial charge >= 0.3 is 0 Å². The van der Waals surface area contributed by atoms with E-state index in [0.29, 0.717) is 23.0 Å². The Hall–Kier alpha value is -2.60. The van der Waals surface area contributed by atoms with Gasteiger partial charge in [-0.25, -0.2) is 0 Å². The minimum Gasteiger partial charge on any atom is -0.504 e. The van der Waals surface area contributed by atoms with Crippen LogP contribution in [0.5, 0.6) is 28.7 Å². The number of nitrogens with zero attached hydrogens (tertiary/aromatic N) is 1. The first-order valence-corrected chi connectivity index (χ1v) is 9.25. The van der Waals surface area contributed by atoms with E-state index in [4.69, 9.17) is 18.9 Å². The molecule has 28 heavy (non-hydrogen) atoms. The van der Waals surface area contributed by atoms with Gasteiger partial charge in [0.15, 0.2) is 23.0 Å². The highest BCUT2D eigenvalue weighted by Gasteiger charge is 2.33. The quantitative estimate of drug-likeness (QED) is 0.814. The van der Waals surface area contributed by atoms with Gasteiger partial charge in [0.1, 0.15) is 0 Å². The summed E-state index contributed by atoms with van der Waals surface area (Å²) in [6.07, 6.45) is 0.838. The fourth-order valence-electron chi connectivity index (χ4n) is 3.84. The maximum Gasteiger partial charge on any atom is 0.203 e. The number of phenolic OH excluding ortho intramolecular Hbond substituents is 1. The normalized spacial score (nSPS) is 15.6. The summed E-state index contributed by atoms with van der Waals surface area (Å²) in [7, 11) is 6.43. The topological polar surface area (TPSA) is 60.4 Å². The van der Waals surface area contributed by atoms with E-state index in [9.17, 15) is 5.11 Å². The lowest BCUT2D eigenvalue weighted by Crippen LogP contribution is -2.47. The van der Waals surface area contributed by atoms with Crippen molar-refractivity contribution in [3.63, 3.8) is 0 Å². The molecule has 1 heterocycles. The van der Waals surface area contributed by atoms with Crippen molar-refractivity contribution < 1.29 is 24.1 Å². The third-order valence-electron chi connectivity index (χ3n) is 5.44. The van der Waals surface area contributed by atoms with Crippen LogP contribution in [0.15, 0.2) is 24.3 Å². The van der Waals surface area contributed by atoms with Gasteiger partial charge in [-0.15, -0.1) is 0 Å². The Morgan fingerprint density at radius 1 is 0.857 bits per heavy atom. The van der Waals surface area contributed by atoms with Gasteiger partial charge in [-0.05, 0) is 61.2 Å². The van der Waals surface area contributed by atoms with Gasteiger partial charge in [-0.2, -0.15) is 0 Å². The number of aromatic hydroxyl groups is 1. The fraction of sp³-hybridized carbons (Fsp3) is 0.455. The highest BCUT2D eigenvalue weighted by atomic mass is 16.5. The Morgan fingerprint density at radius 2 is 1.46 bits per heavy atom. The van der Waals surface area contributed by atoms with E-state index >= 15 is 0 Å². The van der Waals surface area contributed by atoms with Crippen LogP contribution in [0.4, 0.5) is 0 Å². The third-order valence-corrected chi connectivity index (χ3v) is 5.44. The minimum atomic E-state index is -0.0750. The van der Waals surface area contributed by atoms with Crippen LogP contribution in [0.3, 0.4) is 0 Å². The zero-order valence-corrected chi connectivity index (χ0v) is 17.5. The molecular weight excluding hydrogens is 358 g/mol. The lowest BCUT2D eigenvalue weighted by atomic mass is 9.85. The molecule has 6 nitrogen and oxygen atoms in total. The lowest BCUT2D eigenvalue weighted by Gasteiger charge is -2.43. The Labute approximate surface area is 166 Å². The number of hydrogen-bond acceptors (Lipinski definition) is 6. The van der Waals surface area contributed by atoms with E-state index in [1.165, 1.54) is 5.56 Å². The van der Waals surface area contributed by atoms with Crippen LogP contribution in [0.2, 0.25) is 0 Å². The average molecular weight is 387 g/mol. The Morgan fingerprint density at radius 3 is 2.00 bits per heavy atom. The van der Waals surface area contributed by atoms with Gasteiger partial charge in [-0.3, -0.25) is 4.90 Å². The minimum absolute atomic E-state index is 0.0750. The average Bonchev–Trinajstić information content (AvgIpc) is 2.67.